The van der Waals surface area contributed by atoms with Gasteiger partial charge in [-0.05, 0) is 43.2 Å². The fraction of sp³-hybridized carbons (Fsp3) is 0.269. The van der Waals surface area contributed by atoms with Crippen molar-refractivity contribution in [1.82, 2.24) is 0 Å². The monoisotopic (exact) mass is 459 g/mol. The van der Waals surface area contributed by atoms with E-state index < -0.39 is 5.92 Å². The van der Waals surface area contributed by atoms with Crippen LogP contribution in [0.25, 0.3) is 0 Å². The summed E-state index contributed by atoms with van der Waals surface area (Å²) in [5.74, 6) is 0.303. The number of hydrogen-bond donors (Lipinski definition) is 2. The molecule has 1 heterocycles. The van der Waals surface area contributed by atoms with E-state index >= 15 is 0 Å². The summed E-state index contributed by atoms with van der Waals surface area (Å²) in [6.07, 6.45) is 1.67. The molecule has 0 radical (unpaired) electrons. The Morgan fingerprint density at radius 2 is 1.97 bits per heavy atom. The molecule has 2 aromatic carbocycles. The standard InChI is InChI=1S/C26H25N3O5/c1-2-32-22-13-16(11-12-20(22)33-15-23(31)29-17-7-4-3-5-8-17)24-18(14-27)26(28)34-21-10-6-9-19(30)25(21)24/h3-5,7-8,11-13,24H,2,6,9-10,15,28H2,1H3,(H,29,31)/t24-/m1/s1. The Morgan fingerprint density at radius 3 is 2.71 bits per heavy atom. The second-order valence-electron chi connectivity index (χ2n) is 7.88. The molecular weight excluding hydrogens is 434 g/mol. The lowest BCUT2D eigenvalue weighted by Crippen LogP contribution is -2.27. The molecule has 3 N–H and O–H groups in total. The third kappa shape index (κ3) is 4.74. The fourth-order valence-corrected chi connectivity index (χ4v) is 4.14. The van der Waals surface area contributed by atoms with Gasteiger partial charge in [-0.3, -0.25) is 9.59 Å². The van der Waals surface area contributed by atoms with Gasteiger partial charge in [0.15, 0.2) is 23.9 Å². The molecule has 34 heavy (non-hydrogen) atoms. The van der Waals surface area contributed by atoms with E-state index in [4.69, 9.17) is 19.9 Å². The number of nitriles is 1. The highest BCUT2D eigenvalue weighted by Crippen LogP contribution is 2.45. The van der Waals surface area contributed by atoms with Gasteiger partial charge < -0.3 is 25.3 Å². The number of allylic oxidation sites excluding steroid dienone is 3. The van der Waals surface area contributed by atoms with Crippen LogP contribution in [0.1, 0.15) is 37.7 Å². The van der Waals surface area contributed by atoms with Crippen LogP contribution in [-0.4, -0.2) is 24.9 Å². The van der Waals surface area contributed by atoms with Gasteiger partial charge in [0.05, 0.1) is 12.5 Å². The molecule has 0 saturated heterocycles. The molecule has 1 aliphatic carbocycles. The predicted octanol–water partition coefficient (Wildman–Crippen LogP) is 3.92. The van der Waals surface area contributed by atoms with Crippen LogP contribution in [-0.2, 0) is 14.3 Å². The number of nitrogens with one attached hydrogen (secondary N) is 1. The van der Waals surface area contributed by atoms with Crippen LogP contribution >= 0.6 is 0 Å². The van der Waals surface area contributed by atoms with E-state index in [1.165, 1.54) is 0 Å². The Hall–Kier alpha value is -4.25. The quantitative estimate of drug-likeness (QED) is 0.643. The lowest BCUT2D eigenvalue weighted by Gasteiger charge is -2.31. The summed E-state index contributed by atoms with van der Waals surface area (Å²) < 4.78 is 17.1. The first kappa shape index (κ1) is 22.9. The largest absolute Gasteiger partial charge is 0.490 e. The van der Waals surface area contributed by atoms with Crippen LogP contribution < -0.4 is 20.5 Å². The molecular formula is C26H25N3O5. The molecule has 2 aliphatic rings. The number of anilines is 1. The maximum absolute atomic E-state index is 12.8. The molecule has 0 aromatic heterocycles. The number of carbonyl (C=O) groups is 2. The van der Waals surface area contributed by atoms with E-state index in [1.54, 1.807) is 30.3 Å². The SMILES string of the molecule is CCOc1cc([C@@H]2C(C#N)=C(N)OC3=C2C(=O)CCC3)ccc1OCC(=O)Nc1ccccc1. The van der Waals surface area contributed by atoms with Gasteiger partial charge in [0, 0.05) is 24.1 Å². The van der Waals surface area contributed by atoms with E-state index in [-0.39, 0.29) is 29.8 Å². The van der Waals surface area contributed by atoms with Crippen LogP contribution in [0.4, 0.5) is 5.69 Å². The van der Waals surface area contributed by atoms with Crippen molar-refractivity contribution in [3.63, 3.8) is 0 Å². The summed E-state index contributed by atoms with van der Waals surface area (Å²) in [6, 6.07) is 16.3. The van der Waals surface area contributed by atoms with Crippen molar-refractivity contribution in [2.75, 3.05) is 18.5 Å². The van der Waals surface area contributed by atoms with Crippen molar-refractivity contribution >= 4 is 17.4 Å². The lowest BCUT2D eigenvalue weighted by molar-refractivity contribution is -0.118. The van der Waals surface area contributed by atoms with E-state index in [9.17, 15) is 14.9 Å². The molecule has 0 saturated carbocycles. The minimum absolute atomic E-state index is 0.0109. The van der Waals surface area contributed by atoms with Crippen LogP contribution in [0.5, 0.6) is 11.5 Å². The minimum atomic E-state index is -0.642. The first-order valence-electron chi connectivity index (χ1n) is 11.1. The van der Waals surface area contributed by atoms with Crippen molar-refractivity contribution in [3.8, 4) is 17.6 Å². The van der Waals surface area contributed by atoms with Crippen molar-refractivity contribution in [3.05, 3.63) is 76.9 Å². The fourth-order valence-electron chi connectivity index (χ4n) is 4.14. The van der Waals surface area contributed by atoms with Crippen molar-refractivity contribution in [2.45, 2.75) is 32.1 Å². The predicted molar refractivity (Wildman–Crippen MR) is 125 cm³/mol. The number of nitrogens with two attached hydrogens (primary N) is 1. The summed E-state index contributed by atoms with van der Waals surface area (Å²) in [7, 11) is 0. The number of para-hydroxylation sites is 1. The highest BCUT2D eigenvalue weighted by molar-refractivity contribution is 5.99. The molecule has 8 heteroatoms. The molecule has 0 fully saturated rings. The van der Waals surface area contributed by atoms with Crippen molar-refractivity contribution in [1.29, 1.82) is 5.26 Å². The normalized spacial score (nSPS) is 17.4. The number of amides is 1. The molecule has 0 unspecified atom stereocenters. The average Bonchev–Trinajstić information content (AvgIpc) is 2.83. The molecule has 1 amide bonds. The lowest BCUT2D eigenvalue weighted by atomic mass is 9.77. The van der Waals surface area contributed by atoms with Crippen molar-refractivity contribution in [2.24, 2.45) is 5.73 Å². The zero-order valence-electron chi connectivity index (χ0n) is 18.8. The average molecular weight is 460 g/mol. The number of Topliss-reactive ketones (excluding diaryl/α,β-unsaturated/α-hetero) is 1. The Kier molecular flexibility index (Phi) is 6.83. The number of rotatable bonds is 7. The summed E-state index contributed by atoms with van der Waals surface area (Å²) in [4.78, 5) is 25.1. The number of benzene rings is 2. The molecule has 8 nitrogen and oxygen atoms in total. The second kappa shape index (κ2) is 10.1. The number of ether oxygens (including phenoxy) is 3. The number of ketones is 1. The molecule has 0 bridgehead atoms. The molecule has 174 valence electrons. The summed E-state index contributed by atoms with van der Waals surface area (Å²) >= 11 is 0. The second-order valence-corrected chi connectivity index (χ2v) is 7.88. The van der Waals surface area contributed by atoms with Crippen LogP contribution in [0.15, 0.2) is 71.3 Å². The van der Waals surface area contributed by atoms with Gasteiger partial charge in [0.1, 0.15) is 17.4 Å². The first-order chi connectivity index (χ1) is 16.5. The topological polar surface area (TPSA) is 124 Å². The van der Waals surface area contributed by atoms with Gasteiger partial charge in [-0.15, -0.1) is 0 Å². The third-order valence-corrected chi connectivity index (χ3v) is 5.62. The summed E-state index contributed by atoms with van der Waals surface area (Å²) in [5, 5.41) is 12.5. The van der Waals surface area contributed by atoms with Crippen LogP contribution in [0.3, 0.4) is 0 Å². The number of nitrogens with zero attached hydrogens (tertiary/aromatic N) is 1. The van der Waals surface area contributed by atoms with Gasteiger partial charge in [0.25, 0.3) is 5.91 Å². The van der Waals surface area contributed by atoms with E-state index in [0.29, 0.717) is 60.0 Å². The Balaban J connectivity index is 1.60. The molecule has 4 rings (SSSR count). The summed E-state index contributed by atoms with van der Waals surface area (Å²) in [5.41, 5.74) is 8.02. The third-order valence-electron chi connectivity index (χ3n) is 5.62. The first-order valence-corrected chi connectivity index (χ1v) is 11.1. The zero-order chi connectivity index (χ0) is 24.1. The smallest absolute Gasteiger partial charge is 0.262 e. The zero-order valence-corrected chi connectivity index (χ0v) is 18.8. The van der Waals surface area contributed by atoms with Crippen molar-refractivity contribution < 1.29 is 23.8 Å². The molecule has 0 spiro atoms. The maximum Gasteiger partial charge on any atom is 0.262 e. The maximum atomic E-state index is 12.8. The molecule has 1 atom stereocenters. The molecule has 2 aromatic rings. The Labute approximate surface area is 197 Å². The highest BCUT2D eigenvalue weighted by atomic mass is 16.5. The molecule has 1 aliphatic heterocycles. The van der Waals surface area contributed by atoms with Gasteiger partial charge in [-0.1, -0.05) is 24.3 Å². The van der Waals surface area contributed by atoms with Crippen LogP contribution in [0, 0.1) is 11.3 Å². The van der Waals surface area contributed by atoms with Crippen LogP contribution in [0.2, 0.25) is 0 Å². The van der Waals surface area contributed by atoms with Gasteiger partial charge in [-0.2, -0.15) is 5.26 Å². The number of hydrogen-bond acceptors (Lipinski definition) is 7. The van der Waals surface area contributed by atoms with E-state index in [2.05, 4.69) is 11.4 Å². The van der Waals surface area contributed by atoms with E-state index in [1.807, 2.05) is 25.1 Å². The minimum Gasteiger partial charge on any atom is -0.490 e. The number of carbonyl (C=O) groups excluding carboxylic acids is 2. The van der Waals surface area contributed by atoms with Gasteiger partial charge in [-0.25, -0.2) is 0 Å². The van der Waals surface area contributed by atoms with Gasteiger partial charge in [0.2, 0.25) is 5.88 Å². The van der Waals surface area contributed by atoms with Gasteiger partial charge >= 0.3 is 0 Å². The summed E-state index contributed by atoms with van der Waals surface area (Å²) in [6.45, 7) is 1.98. The Bertz CT molecular complexity index is 1210. The highest BCUT2D eigenvalue weighted by Gasteiger charge is 2.38. The van der Waals surface area contributed by atoms with E-state index in [0.717, 1.165) is 0 Å². The Morgan fingerprint density at radius 1 is 1.18 bits per heavy atom.